The van der Waals surface area contributed by atoms with Crippen LogP contribution in [0.3, 0.4) is 0 Å². The summed E-state index contributed by atoms with van der Waals surface area (Å²) in [6.07, 6.45) is 6.92. The second kappa shape index (κ2) is 12.6. The lowest BCUT2D eigenvalue weighted by Gasteiger charge is -2.33. The van der Waals surface area contributed by atoms with Gasteiger partial charge in [0, 0.05) is 43.6 Å². The number of para-hydroxylation sites is 1. The molecule has 1 saturated carbocycles. The van der Waals surface area contributed by atoms with E-state index in [4.69, 9.17) is 0 Å². The number of benzene rings is 2. The Bertz CT molecular complexity index is 871. The molecule has 3 aromatic rings. The van der Waals surface area contributed by atoms with Gasteiger partial charge in [0.1, 0.15) is 0 Å². The fraction of sp³-hybridized carbons (Fsp3) is 0.346. The van der Waals surface area contributed by atoms with Crippen LogP contribution in [0.25, 0.3) is 0 Å². The van der Waals surface area contributed by atoms with E-state index in [1.807, 2.05) is 24.4 Å². The Labute approximate surface area is 196 Å². The number of nitrogens with one attached hydrogen (secondary N) is 3. The Hall–Kier alpha value is -2.21. The third-order valence-electron chi connectivity index (χ3n) is 5.84. The summed E-state index contributed by atoms with van der Waals surface area (Å²) in [7, 11) is 0. The monoisotopic (exact) mass is 480 g/mol. The number of pyridine rings is 1. The van der Waals surface area contributed by atoms with Crippen LogP contribution in [0, 0.1) is 0 Å². The molecule has 2 aromatic carbocycles. The first-order chi connectivity index (χ1) is 14.9. The molecule has 0 radical (unpaired) electrons. The van der Waals surface area contributed by atoms with Crippen LogP contribution in [0.4, 0.5) is 5.69 Å². The summed E-state index contributed by atoms with van der Waals surface area (Å²) in [6, 6.07) is 26.6. The molecule has 5 heteroatoms. The van der Waals surface area contributed by atoms with E-state index in [0.29, 0.717) is 12.1 Å². The molecule has 1 fully saturated rings. The van der Waals surface area contributed by atoms with Crippen LogP contribution in [0.2, 0.25) is 0 Å². The smallest absolute Gasteiger partial charge is 0.0541 e. The van der Waals surface area contributed by atoms with E-state index in [-0.39, 0.29) is 17.0 Å². The first kappa shape index (κ1) is 23.5. The fourth-order valence-electron chi connectivity index (χ4n) is 4.16. The highest BCUT2D eigenvalue weighted by Gasteiger charge is 2.24. The van der Waals surface area contributed by atoms with Gasteiger partial charge in [-0.15, -0.1) is 17.0 Å². The summed E-state index contributed by atoms with van der Waals surface area (Å²) >= 11 is 0. The van der Waals surface area contributed by atoms with Crippen LogP contribution in [0.15, 0.2) is 79.0 Å². The minimum absolute atomic E-state index is 0. The molecule has 0 aliphatic heterocycles. The second-order valence-corrected chi connectivity index (χ2v) is 8.13. The Morgan fingerprint density at radius 1 is 0.710 bits per heavy atom. The maximum Gasteiger partial charge on any atom is 0.0541 e. The van der Waals surface area contributed by atoms with Crippen LogP contribution in [-0.4, -0.2) is 17.1 Å². The predicted molar refractivity (Wildman–Crippen MR) is 134 cm³/mol. The number of aromatic nitrogens is 1. The van der Waals surface area contributed by atoms with Crippen LogP contribution in [0.5, 0.6) is 0 Å². The van der Waals surface area contributed by atoms with Crippen LogP contribution in [-0.2, 0) is 19.6 Å². The summed E-state index contributed by atoms with van der Waals surface area (Å²) in [5, 5.41) is 11.0. The molecular weight excluding hydrogens is 448 g/mol. The molecule has 4 nitrogen and oxygen atoms in total. The highest BCUT2D eigenvalue weighted by molar-refractivity contribution is 8.93. The number of nitrogens with zero attached hydrogens (tertiary/aromatic N) is 1. The minimum atomic E-state index is 0. The number of hydrogen-bond acceptors (Lipinski definition) is 4. The molecule has 31 heavy (non-hydrogen) atoms. The van der Waals surface area contributed by atoms with E-state index in [1.54, 1.807) is 0 Å². The lowest BCUT2D eigenvalue weighted by atomic mass is 9.90. The zero-order chi connectivity index (χ0) is 20.4. The molecule has 1 aliphatic carbocycles. The van der Waals surface area contributed by atoms with Gasteiger partial charge in [0.2, 0.25) is 0 Å². The summed E-state index contributed by atoms with van der Waals surface area (Å²) < 4.78 is 0. The number of hydrogen-bond donors (Lipinski definition) is 3. The van der Waals surface area contributed by atoms with Crippen molar-refractivity contribution in [1.29, 1.82) is 0 Å². The quantitative estimate of drug-likeness (QED) is 0.380. The van der Waals surface area contributed by atoms with Gasteiger partial charge in [0.15, 0.2) is 0 Å². The van der Waals surface area contributed by atoms with Crippen molar-refractivity contribution in [3.63, 3.8) is 0 Å². The van der Waals surface area contributed by atoms with Crippen molar-refractivity contribution in [3.05, 3.63) is 95.8 Å². The van der Waals surface area contributed by atoms with Gasteiger partial charge < -0.3 is 16.0 Å². The van der Waals surface area contributed by atoms with E-state index in [9.17, 15) is 0 Å². The van der Waals surface area contributed by atoms with Gasteiger partial charge in [-0.05, 0) is 48.2 Å². The van der Waals surface area contributed by atoms with Crippen molar-refractivity contribution in [3.8, 4) is 0 Å². The maximum absolute atomic E-state index is 4.35. The topological polar surface area (TPSA) is 49.0 Å². The van der Waals surface area contributed by atoms with E-state index in [0.717, 1.165) is 25.3 Å². The zero-order valence-electron chi connectivity index (χ0n) is 18.0. The molecule has 3 N–H and O–H groups in total. The van der Waals surface area contributed by atoms with Gasteiger partial charge in [-0.25, -0.2) is 0 Å². The molecule has 0 spiro atoms. The molecule has 0 amide bonds. The summed E-state index contributed by atoms with van der Waals surface area (Å²) in [4.78, 5) is 4.35. The molecule has 1 aliphatic rings. The normalized spacial score (nSPS) is 18.2. The largest absolute Gasteiger partial charge is 0.381 e. The summed E-state index contributed by atoms with van der Waals surface area (Å²) in [5.41, 5.74) is 4.94. The Kier molecular flexibility index (Phi) is 9.53. The molecule has 0 unspecified atom stereocenters. The van der Waals surface area contributed by atoms with Crippen LogP contribution >= 0.6 is 17.0 Å². The summed E-state index contributed by atoms with van der Waals surface area (Å²) in [6.45, 7) is 2.57. The van der Waals surface area contributed by atoms with Gasteiger partial charge in [-0.3, -0.25) is 4.98 Å². The van der Waals surface area contributed by atoms with Gasteiger partial charge >= 0.3 is 0 Å². The van der Waals surface area contributed by atoms with Crippen molar-refractivity contribution >= 4 is 22.7 Å². The lowest BCUT2D eigenvalue weighted by Crippen LogP contribution is -2.45. The molecule has 1 aromatic heterocycles. The average Bonchev–Trinajstić information content (AvgIpc) is 2.81. The third-order valence-corrected chi connectivity index (χ3v) is 5.84. The Morgan fingerprint density at radius 2 is 1.39 bits per heavy atom. The molecular formula is C26H33BrN4. The second-order valence-electron chi connectivity index (χ2n) is 8.13. The number of halogens is 1. The van der Waals surface area contributed by atoms with Crippen molar-refractivity contribution < 1.29 is 0 Å². The van der Waals surface area contributed by atoms with E-state index >= 15 is 0 Å². The van der Waals surface area contributed by atoms with Crippen LogP contribution in [0.1, 0.15) is 42.5 Å². The number of anilines is 1. The van der Waals surface area contributed by atoms with Gasteiger partial charge in [0.05, 0.1) is 5.69 Å². The Morgan fingerprint density at radius 3 is 2.10 bits per heavy atom. The molecule has 0 saturated heterocycles. The lowest BCUT2D eigenvalue weighted by molar-refractivity contribution is 0.342. The molecule has 4 rings (SSSR count). The molecule has 164 valence electrons. The summed E-state index contributed by atoms with van der Waals surface area (Å²) in [5.74, 6) is 0. The SMILES string of the molecule is Br.c1ccc(N[C@@H]2CCCC[C@@H]2NCc2ccc(CNCc3ccccn3)cc2)cc1. The van der Waals surface area contributed by atoms with E-state index in [1.165, 1.54) is 42.5 Å². The molecule has 2 atom stereocenters. The fourth-order valence-corrected chi connectivity index (χ4v) is 4.16. The maximum atomic E-state index is 4.35. The molecule has 1 heterocycles. The average molecular weight is 481 g/mol. The van der Waals surface area contributed by atoms with Gasteiger partial charge in [0.25, 0.3) is 0 Å². The van der Waals surface area contributed by atoms with Crippen molar-refractivity contribution in [2.24, 2.45) is 0 Å². The molecule has 0 bridgehead atoms. The highest BCUT2D eigenvalue weighted by atomic mass is 79.9. The Balaban J connectivity index is 0.00000272. The van der Waals surface area contributed by atoms with Gasteiger partial charge in [-0.1, -0.05) is 61.4 Å². The number of rotatable bonds is 9. The van der Waals surface area contributed by atoms with E-state index in [2.05, 4.69) is 75.5 Å². The van der Waals surface area contributed by atoms with Crippen molar-refractivity contribution in [2.75, 3.05) is 5.32 Å². The highest BCUT2D eigenvalue weighted by Crippen LogP contribution is 2.22. The van der Waals surface area contributed by atoms with Crippen molar-refractivity contribution in [2.45, 2.75) is 57.4 Å². The zero-order valence-corrected chi connectivity index (χ0v) is 19.7. The third kappa shape index (κ3) is 7.46. The van der Waals surface area contributed by atoms with Crippen molar-refractivity contribution in [1.82, 2.24) is 15.6 Å². The van der Waals surface area contributed by atoms with E-state index < -0.39 is 0 Å². The standard InChI is InChI=1S/C26H32N4.BrH/c1-2-8-23(9-3-1)30-26-12-5-4-11-25(26)29-19-22-15-13-21(14-16-22)18-27-20-24-10-6-7-17-28-24;/h1-3,6-10,13-17,25-27,29-30H,4-5,11-12,18-20H2;1H/t25-,26+;/m0./s1. The predicted octanol–water partition coefficient (Wildman–Crippen LogP) is 5.46. The van der Waals surface area contributed by atoms with Crippen LogP contribution < -0.4 is 16.0 Å². The first-order valence-corrected chi connectivity index (χ1v) is 11.1. The first-order valence-electron chi connectivity index (χ1n) is 11.1. The minimum Gasteiger partial charge on any atom is -0.381 e. The van der Waals surface area contributed by atoms with Gasteiger partial charge in [-0.2, -0.15) is 0 Å².